The highest BCUT2D eigenvalue weighted by Crippen LogP contribution is 2.37. The summed E-state index contributed by atoms with van der Waals surface area (Å²) in [4.78, 5) is 53.9. The van der Waals surface area contributed by atoms with E-state index in [-0.39, 0.29) is 36.8 Å². The Balaban J connectivity index is 2.30. The Hall–Kier alpha value is -3.26. The minimum absolute atomic E-state index is 0.0590. The van der Waals surface area contributed by atoms with Gasteiger partial charge < -0.3 is 39.1 Å². The lowest BCUT2D eigenvalue weighted by Gasteiger charge is -2.37. The van der Waals surface area contributed by atoms with Gasteiger partial charge in [0.25, 0.3) is 0 Å². The number of rotatable bonds is 27. The second kappa shape index (κ2) is 25.5. The predicted molar refractivity (Wildman–Crippen MR) is 234 cm³/mol. The molecule has 0 saturated carbocycles. The fraction of sp³-hybridized carbons (Fsp3) is 0.739. The van der Waals surface area contributed by atoms with Gasteiger partial charge >= 0.3 is 11.9 Å². The molecule has 0 spiro atoms. The van der Waals surface area contributed by atoms with E-state index in [1.807, 2.05) is 6.08 Å². The number of unbranched alkanes of at least 4 members (excludes halogenated alkanes) is 8. The normalized spacial score (nSPS) is 16.0. The smallest absolute Gasteiger partial charge is 0.325 e. The lowest BCUT2D eigenvalue weighted by atomic mass is 9.87. The SMILES string of the molecule is CCCCCCCC1(CCCCCC/C=C/[C@H](C(=O)NC(Cc2ccc(O)cc2)C(=O)NCC(=O)OC)[C@@H](CCO[Si](C)(C)C(C)(C)C)C(=O)OC(C)(C)C)OCCO1. The van der Waals surface area contributed by atoms with Gasteiger partial charge in [0, 0.05) is 25.9 Å². The van der Waals surface area contributed by atoms with E-state index in [4.69, 9.17) is 23.4 Å². The largest absolute Gasteiger partial charge is 0.508 e. The molecular formula is C46H78N2O10Si. The number of carbonyl (C=O) groups is 4. The Morgan fingerprint density at radius 1 is 0.881 bits per heavy atom. The van der Waals surface area contributed by atoms with Crippen LogP contribution in [0.3, 0.4) is 0 Å². The third-order valence-corrected chi connectivity index (χ3v) is 15.8. The highest BCUT2D eigenvalue weighted by atomic mass is 28.4. The van der Waals surface area contributed by atoms with Crippen molar-refractivity contribution in [2.75, 3.05) is 33.5 Å². The zero-order valence-electron chi connectivity index (χ0n) is 38.0. The second-order valence-electron chi connectivity index (χ2n) is 18.4. The summed E-state index contributed by atoms with van der Waals surface area (Å²) in [6.07, 6.45) is 16.5. The maximum Gasteiger partial charge on any atom is 0.325 e. The maximum atomic E-state index is 14.5. The van der Waals surface area contributed by atoms with Gasteiger partial charge in [-0.15, -0.1) is 0 Å². The molecule has 59 heavy (non-hydrogen) atoms. The van der Waals surface area contributed by atoms with Gasteiger partial charge in [0.2, 0.25) is 11.8 Å². The molecule has 3 atom stereocenters. The first-order valence-electron chi connectivity index (χ1n) is 22.0. The van der Waals surface area contributed by atoms with E-state index in [2.05, 4.69) is 51.4 Å². The zero-order valence-corrected chi connectivity index (χ0v) is 39.0. The summed E-state index contributed by atoms with van der Waals surface area (Å²) in [5.74, 6) is -4.58. The summed E-state index contributed by atoms with van der Waals surface area (Å²) in [6, 6.07) is 5.20. The third-order valence-electron chi connectivity index (χ3n) is 11.3. The Bertz CT molecular complexity index is 1440. The molecule has 3 N–H and O–H groups in total. The average Bonchev–Trinajstić information content (AvgIpc) is 3.63. The van der Waals surface area contributed by atoms with Crippen LogP contribution in [0.1, 0.15) is 138 Å². The van der Waals surface area contributed by atoms with Crippen molar-refractivity contribution in [2.45, 2.75) is 174 Å². The van der Waals surface area contributed by atoms with E-state index in [0.29, 0.717) is 25.2 Å². The molecule has 1 unspecified atom stereocenters. The molecular weight excluding hydrogens is 769 g/mol. The number of methoxy groups -OCH3 is 1. The monoisotopic (exact) mass is 847 g/mol. The summed E-state index contributed by atoms with van der Waals surface area (Å²) in [7, 11) is -0.972. The summed E-state index contributed by atoms with van der Waals surface area (Å²) in [6.45, 7) is 19.5. The molecule has 1 aromatic rings. The first-order valence-corrected chi connectivity index (χ1v) is 24.9. The standard InChI is InChI=1S/C46H78N2O10Si/c1-11-12-13-17-20-28-46(55-31-32-56-46)29-21-18-15-14-16-19-22-37(38(43(53)58-44(2,3)4)27-30-57-59(9,10)45(5,6)7)41(51)48-39(42(52)47-34-40(50)54-8)33-35-23-25-36(49)26-24-35/h19,22-26,37-39,49H,11-18,20-21,27-34H2,1-10H3,(H,47,52)(H,48,51)/b22-19+/t37-,38+,39?/m0/s1. The highest BCUT2D eigenvalue weighted by molar-refractivity contribution is 6.74. The molecule has 0 aliphatic carbocycles. The molecule has 1 aliphatic rings. The van der Waals surface area contributed by atoms with Crippen molar-refractivity contribution in [3.63, 3.8) is 0 Å². The molecule has 1 aliphatic heterocycles. The van der Waals surface area contributed by atoms with Gasteiger partial charge in [0.1, 0.15) is 23.9 Å². The molecule has 0 radical (unpaired) electrons. The minimum atomic E-state index is -2.19. The van der Waals surface area contributed by atoms with Gasteiger partial charge in [0.15, 0.2) is 14.1 Å². The first-order chi connectivity index (χ1) is 27.7. The van der Waals surface area contributed by atoms with Crippen LogP contribution in [0.15, 0.2) is 36.4 Å². The number of carbonyl (C=O) groups excluding carboxylic acids is 4. The van der Waals surface area contributed by atoms with E-state index >= 15 is 0 Å². The quantitative estimate of drug-likeness (QED) is 0.0339. The topological polar surface area (TPSA) is 159 Å². The fourth-order valence-corrected chi connectivity index (χ4v) is 7.81. The number of allylic oxidation sites excluding steroid dienone is 1. The van der Waals surface area contributed by atoms with Crippen LogP contribution in [0.5, 0.6) is 5.75 Å². The van der Waals surface area contributed by atoms with Crippen LogP contribution in [0.25, 0.3) is 0 Å². The van der Waals surface area contributed by atoms with Crippen LogP contribution >= 0.6 is 0 Å². The van der Waals surface area contributed by atoms with Crippen molar-refractivity contribution in [3.05, 3.63) is 42.0 Å². The molecule has 12 nitrogen and oxygen atoms in total. The van der Waals surface area contributed by atoms with Crippen LogP contribution in [-0.2, 0) is 49.0 Å². The molecule has 13 heteroatoms. The number of hydrogen-bond donors (Lipinski definition) is 3. The number of esters is 2. The fourth-order valence-electron chi connectivity index (χ4n) is 6.74. The molecule has 2 amide bonds. The summed E-state index contributed by atoms with van der Waals surface area (Å²) in [5, 5.41) is 15.2. The van der Waals surface area contributed by atoms with E-state index < -0.39 is 61.3 Å². The third kappa shape index (κ3) is 19.8. The Morgan fingerprint density at radius 3 is 2.03 bits per heavy atom. The maximum absolute atomic E-state index is 14.5. The molecule has 0 bridgehead atoms. The number of aromatic hydroxyl groups is 1. The molecule has 1 heterocycles. The van der Waals surface area contributed by atoms with Crippen molar-refractivity contribution >= 4 is 32.1 Å². The van der Waals surface area contributed by atoms with Crippen molar-refractivity contribution in [1.82, 2.24) is 10.6 Å². The minimum Gasteiger partial charge on any atom is -0.508 e. The Morgan fingerprint density at radius 2 is 1.47 bits per heavy atom. The van der Waals surface area contributed by atoms with E-state index in [9.17, 15) is 24.3 Å². The second-order valence-corrected chi connectivity index (χ2v) is 23.3. The Labute approximate surface area is 356 Å². The van der Waals surface area contributed by atoms with E-state index in [1.165, 1.54) is 44.9 Å². The average molecular weight is 847 g/mol. The zero-order chi connectivity index (χ0) is 44.1. The highest BCUT2D eigenvalue weighted by Gasteiger charge is 2.40. The molecule has 1 aromatic carbocycles. The number of phenolic OH excluding ortho intramolecular Hbond substituents is 1. The molecule has 1 saturated heterocycles. The summed E-state index contributed by atoms with van der Waals surface area (Å²) in [5.41, 5.74) is -0.138. The first kappa shape index (κ1) is 51.9. The van der Waals surface area contributed by atoms with Gasteiger partial charge in [-0.3, -0.25) is 19.2 Å². The lowest BCUT2D eigenvalue weighted by molar-refractivity contribution is -0.168. The van der Waals surface area contributed by atoms with Crippen molar-refractivity contribution < 1.29 is 47.7 Å². The van der Waals surface area contributed by atoms with Gasteiger partial charge in [-0.1, -0.05) is 90.5 Å². The summed E-state index contributed by atoms with van der Waals surface area (Å²) < 4.78 is 29.3. The number of amides is 2. The van der Waals surface area contributed by atoms with Crippen molar-refractivity contribution in [2.24, 2.45) is 11.8 Å². The lowest BCUT2D eigenvalue weighted by Crippen LogP contribution is -2.52. The van der Waals surface area contributed by atoms with Gasteiger partial charge in [-0.25, -0.2) is 0 Å². The van der Waals surface area contributed by atoms with Crippen LogP contribution in [-0.4, -0.2) is 88.1 Å². The number of phenols is 1. The predicted octanol–water partition coefficient (Wildman–Crippen LogP) is 8.70. The van der Waals surface area contributed by atoms with Crippen molar-refractivity contribution in [3.8, 4) is 5.75 Å². The Kier molecular flexibility index (Phi) is 22.4. The van der Waals surface area contributed by atoms with Crippen LogP contribution in [0.4, 0.5) is 0 Å². The van der Waals surface area contributed by atoms with Crippen LogP contribution < -0.4 is 10.6 Å². The van der Waals surface area contributed by atoms with Gasteiger partial charge in [-0.2, -0.15) is 0 Å². The summed E-state index contributed by atoms with van der Waals surface area (Å²) >= 11 is 0. The molecule has 336 valence electrons. The van der Waals surface area contributed by atoms with Gasteiger partial charge in [0.05, 0.1) is 32.2 Å². The number of ether oxygens (including phenoxy) is 4. The van der Waals surface area contributed by atoms with Gasteiger partial charge in [-0.05, 0) is 88.7 Å². The molecule has 2 rings (SSSR count). The van der Waals surface area contributed by atoms with E-state index in [0.717, 1.165) is 44.9 Å². The van der Waals surface area contributed by atoms with Crippen molar-refractivity contribution in [1.29, 1.82) is 0 Å². The van der Waals surface area contributed by atoms with E-state index in [1.54, 1.807) is 39.0 Å². The number of hydrogen-bond acceptors (Lipinski definition) is 10. The van der Waals surface area contributed by atoms with Crippen LogP contribution in [0, 0.1) is 11.8 Å². The molecule has 1 fully saturated rings. The number of benzene rings is 1. The molecule has 0 aromatic heterocycles. The van der Waals surface area contributed by atoms with Crippen LogP contribution in [0.2, 0.25) is 18.1 Å². The number of nitrogens with one attached hydrogen (secondary N) is 2.